The summed E-state index contributed by atoms with van der Waals surface area (Å²) in [5.41, 5.74) is 3.74. The highest BCUT2D eigenvalue weighted by molar-refractivity contribution is 7.14. The van der Waals surface area contributed by atoms with E-state index in [0.717, 1.165) is 16.3 Å². The van der Waals surface area contributed by atoms with Crippen LogP contribution in [0, 0.1) is 0 Å². The summed E-state index contributed by atoms with van der Waals surface area (Å²) in [6, 6.07) is 9.34. The van der Waals surface area contributed by atoms with Crippen molar-refractivity contribution in [3.05, 3.63) is 65.7 Å². The van der Waals surface area contributed by atoms with Crippen molar-refractivity contribution in [1.82, 2.24) is 29.9 Å². The van der Waals surface area contributed by atoms with E-state index in [1.165, 1.54) is 23.7 Å². The second kappa shape index (κ2) is 6.89. The van der Waals surface area contributed by atoms with E-state index in [1.54, 1.807) is 16.2 Å². The van der Waals surface area contributed by atoms with Crippen molar-refractivity contribution in [3.8, 4) is 0 Å². The van der Waals surface area contributed by atoms with E-state index in [9.17, 15) is 4.79 Å². The topological polar surface area (TPSA) is 97.1 Å². The van der Waals surface area contributed by atoms with Crippen LogP contribution in [0.2, 0.25) is 0 Å². The maximum atomic E-state index is 12.4. The quantitative estimate of drug-likeness (QED) is 0.564. The summed E-state index contributed by atoms with van der Waals surface area (Å²) in [4.78, 5) is 26.0. The van der Waals surface area contributed by atoms with Crippen molar-refractivity contribution in [1.29, 1.82) is 0 Å². The SMILES string of the molecule is C[C@H](NC(=O)c1cnc(Nc2ccccc2)nc1)c1cn2ncsc2n1. The maximum absolute atomic E-state index is 12.4. The average Bonchev–Trinajstić information content (AvgIpc) is 3.25. The molecular weight excluding hydrogens is 350 g/mol. The fourth-order valence-corrected chi connectivity index (χ4v) is 2.99. The van der Waals surface area contributed by atoms with Crippen LogP contribution in [0.4, 0.5) is 11.6 Å². The first-order valence-corrected chi connectivity index (χ1v) is 8.81. The molecule has 26 heavy (non-hydrogen) atoms. The zero-order valence-electron chi connectivity index (χ0n) is 13.8. The molecule has 4 rings (SSSR count). The van der Waals surface area contributed by atoms with Gasteiger partial charge in [-0.2, -0.15) is 5.10 Å². The lowest BCUT2D eigenvalue weighted by atomic mass is 10.2. The second-order valence-corrected chi connectivity index (χ2v) is 6.42. The molecule has 0 fully saturated rings. The molecule has 3 aromatic heterocycles. The van der Waals surface area contributed by atoms with Gasteiger partial charge in [0.2, 0.25) is 10.9 Å². The Kier molecular flexibility index (Phi) is 4.28. The van der Waals surface area contributed by atoms with Gasteiger partial charge in [0.1, 0.15) is 5.51 Å². The number of para-hydroxylation sites is 1. The second-order valence-electron chi connectivity index (χ2n) is 5.61. The van der Waals surface area contributed by atoms with Crippen molar-refractivity contribution < 1.29 is 4.79 Å². The predicted octanol–water partition coefficient (Wildman–Crippen LogP) is 2.82. The third kappa shape index (κ3) is 3.38. The largest absolute Gasteiger partial charge is 0.344 e. The van der Waals surface area contributed by atoms with Gasteiger partial charge in [-0.1, -0.05) is 29.5 Å². The molecule has 3 heterocycles. The van der Waals surface area contributed by atoms with Crippen LogP contribution in [0.15, 0.2) is 54.4 Å². The number of carbonyl (C=O) groups is 1. The van der Waals surface area contributed by atoms with Crippen molar-refractivity contribution >= 4 is 33.8 Å². The Hall–Kier alpha value is -3.33. The predicted molar refractivity (Wildman–Crippen MR) is 98.5 cm³/mol. The molecular formula is C17H15N7OS. The van der Waals surface area contributed by atoms with Gasteiger partial charge in [-0.3, -0.25) is 4.79 Å². The number of nitrogens with zero attached hydrogens (tertiary/aromatic N) is 5. The molecule has 0 aliphatic heterocycles. The summed E-state index contributed by atoms with van der Waals surface area (Å²) < 4.78 is 1.69. The Morgan fingerprint density at radius 1 is 1.19 bits per heavy atom. The lowest BCUT2D eigenvalue weighted by Crippen LogP contribution is -2.27. The molecule has 0 saturated heterocycles. The number of anilines is 2. The summed E-state index contributed by atoms with van der Waals surface area (Å²) >= 11 is 1.44. The van der Waals surface area contributed by atoms with Crippen molar-refractivity contribution in [3.63, 3.8) is 0 Å². The van der Waals surface area contributed by atoms with E-state index in [2.05, 4.69) is 30.7 Å². The van der Waals surface area contributed by atoms with E-state index in [1.807, 2.05) is 37.3 Å². The van der Waals surface area contributed by atoms with E-state index in [-0.39, 0.29) is 11.9 Å². The smallest absolute Gasteiger partial charge is 0.254 e. The number of nitrogens with one attached hydrogen (secondary N) is 2. The molecule has 0 aliphatic rings. The van der Waals surface area contributed by atoms with Gasteiger partial charge in [-0.25, -0.2) is 19.5 Å². The molecule has 130 valence electrons. The fraction of sp³-hybridized carbons (Fsp3) is 0.118. The van der Waals surface area contributed by atoms with Gasteiger partial charge >= 0.3 is 0 Å². The number of rotatable bonds is 5. The van der Waals surface area contributed by atoms with Crippen LogP contribution < -0.4 is 10.6 Å². The first kappa shape index (κ1) is 16.2. The average molecular weight is 365 g/mol. The third-order valence-corrected chi connectivity index (χ3v) is 4.43. The third-order valence-electron chi connectivity index (χ3n) is 3.74. The van der Waals surface area contributed by atoms with Gasteiger partial charge in [-0.05, 0) is 19.1 Å². The zero-order valence-corrected chi connectivity index (χ0v) is 14.6. The Bertz CT molecular complexity index is 998. The Balaban J connectivity index is 1.42. The standard InChI is InChI=1S/C17H15N7OS/c1-11(14-9-24-17(23-14)26-10-20-24)21-15(25)12-7-18-16(19-8-12)22-13-5-3-2-4-6-13/h2-11H,1H3,(H,21,25)(H,18,19,22)/t11-/m0/s1. The highest BCUT2D eigenvalue weighted by Gasteiger charge is 2.16. The van der Waals surface area contributed by atoms with Crippen LogP contribution in [0.1, 0.15) is 29.0 Å². The molecule has 8 nitrogen and oxygen atoms in total. The van der Waals surface area contributed by atoms with Crippen molar-refractivity contribution in [2.75, 3.05) is 5.32 Å². The van der Waals surface area contributed by atoms with Crippen LogP contribution in [-0.2, 0) is 0 Å². The Morgan fingerprint density at radius 2 is 1.96 bits per heavy atom. The van der Waals surface area contributed by atoms with Gasteiger partial charge in [0.25, 0.3) is 5.91 Å². The van der Waals surface area contributed by atoms with Gasteiger partial charge < -0.3 is 10.6 Å². The summed E-state index contributed by atoms with van der Waals surface area (Å²) in [5, 5.41) is 10.1. The molecule has 0 unspecified atom stereocenters. The molecule has 2 N–H and O–H groups in total. The fourth-order valence-electron chi connectivity index (χ4n) is 2.38. The van der Waals surface area contributed by atoms with Gasteiger partial charge in [-0.15, -0.1) is 0 Å². The molecule has 0 saturated carbocycles. The number of benzene rings is 1. The number of hydrogen-bond acceptors (Lipinski definition) is 7. The molecule has 1 atom stereocenters. The van der Waals surface area contributed by atoms with E-state index >= 15 is 0 Å². The van der Waals surface area contributed by atoms with Gasteiger partial charge in [0, 0.05) is 18.1 Å². The normalized spacial score (nSPS) is 12.0. The number of fused-ring (bicyclic) bond motifs is 1. The van der Waals surface area contributed by atoms with Gasteiger partial charge in [0.15, 0.2) is 0 Å². The van der Waals surface area contributed by atoms with Crippen LogP contribution in [0.3, 0.4) is 0 Å². The van der Waals surface area contributed by atoms with Crippen LogP contribution in [-0.4, -0.2) is 30.5 Å². The van der Waals surface area contributed by atoms with E-state index in [0.29, 0.717) is 11.5 Å². The molecule has 4 aromatic rings. The minimum absolute atomic E-state index is 0.251. The molecule has 0 radical (unpaired) electrons. The van der Waals surface area contributed by atoms with Crippen molar-refractivity contribution in [2.45, 2.75) is 13.0 Å². The van der Waals surface area contributed by atoms with Crippen LogP contribution in [0.25, 0.3) is 4.96 Å². The molecule has 0 bridgehead atoms. The summed E-state index contributed by atoms with van der Waals surface area (Å²) in [6.45, 7) is 1.87. The number of hydrogen-bond donors (Lipinski definition) is 2. The summed E-state index contributed by atoms with van der Waals surface area (Å²) in [5.74, 6) is 0.175. The number of carbonyl (C=O) groups excluding carboxylic acids is 1. The molecule has 0 aliphatic carbocycles. The summed E-state index contributed by atoms with van der Waals surface area (Å²) in [7, 11) is 0. The minimum atomic E-state index is -0.256. The van der Waals surface area contributed by atoms with E-state index < -0.39 is 0 Å². The summed E-state index contributed by atoms with van der Waals surface area (Å²) in [6.07, 6.45) is 4.79. The number of aromatic nitrogens is 5. The highest BCUT2D eigenvalue weighted by Crippen LogP contribution is 2.16. The van der Waals surface area contributed by atoms with Gasteiger partial charge in [0.05, 0.1) is 23.5 Å². The maximum Gasteiger partial charge on any atom is 0.254 e. The zero-order chi connectivity index (χ0) is 17.9. The molecule has 1 aromatic carbocycles. The lowest BCUT2D eigenvalue weighted by Gasteiger charge is -2.11. The van der Waals surface area contributed by atoms with Crippen LogP contribution in [0.5, 0.6) is 0 Å². The van der Waals surface area contributed by atoms with Crippen LogP contribution >= 0.6 is 11.3 Å². The first-order chi connectivity index (χ1) is 12.7. The molecule has 0 spiro atoms. The number of amides is 1. The lowest BCUT2D eigenvalue weighted by molar-refractivity contribution is 0.0938. The Labute approximate surface area is 153 Å². The first-order valence-electron chi connectivity index (χ1n) is 7.93. The van der Waals surface area contributed by atoms with Crippen molar-refractivity contribution in [2.24, 2.45) is 0 Å². The molecule has 9 heteroatoms. The minimum Gasteiger partial charge on any atom is -0.344 e. The number of imidazole rings is 1. The highest BCUT2D eigenvalue weighted by atomic mass is 32.1. The monoisotopic (exact) mass is 365 g/mol. The Morgan fingerprint density at radius 3 is 2.69 bits per heavy atom. The van der Waals surface area contributed by atoms with E-state index in [4.69, 9.17) is 0 Å². The molecule has 1 amide bonds.